The zero-order valence-corrected chi connectivity index (χ0v) is 11.8. The number of nitrogens with zero attached hydrogens (tertiary/aromatic N) is 1. The van der Waals surface area contributed by atoms with E-state index in [1.807, 2.05) is 18.2 Å². The lowest BCUT2D eigenvalue weighted by molar-refractivity contribution is 0.310. The number of fused-ring (bicyclic) bond motifs is 1. The number of benzene rings is 1. The SMILES string of the molecule is CCCCOc1ccc2nc(Br)cc(C)c2c1. The molecule has 0 radical (unpaired) electrons. The first-order valence-electron chi connectivity index (χ1n) is 5.90. The molecule has 0 saturated carbocycles. The molecule has 2 nitrogen and oxygen atoms in total. The van der Waals surface area contributed by atoms with E-state index in [2.05, 4.69) is 40.8 Å². The van der Waals surface area contributed by atoms with Gasteiger partial charge in [0.05, 0.1) is 12.1 Å². The molecule has 2 rings (SSSR count). The van der Waals surface area contributed by atoms with Crippen LogP contribution in [0.25, 0.3) is 10.9 Å². The summed E-state index contributed by atoms with van der Waals surface area (Å²) < 4.78 is 6.58. The van der Waals surface area contributed by atoms with E-state index in [0.717, 1.165) is 40.7 Å². The topological polar surface area (TPSA) is 22.1 Å². The number of rotatable bonds is 4. The van der Waals surface area contributed by atoms with Gasteiger partial charge in [-0.1, -0.05) is 13.3 Å². The van der Waals surface area contributed by atoms with Crippen LogP contribution in [0.4, 0.5) is 0 Å². The zero-order valence-electron chi connectivity index (χ0n) is 10.2. The van der Waals surface area contributed by atoms with Gasteiger partial charge in [-0.25, -0.2) is 4.98 Å². The number of hydrogen-bond acceptors (Lipinski definition) is 2. The summed E-state index contributed by atoms with van der Waals surface area (Å²) in [7, 11) is 0. The normalized spacial score (nSPS) is 10.8. The van der Waals surface area contributed by atoms with Crippen molar-refractivity contribution < 1.29 is 4.74 Å². The molecule has 1 aromatic carbocycles. The fraction of sp³-hybridized carbons (Fsp3) is 0.357. The molecule has 0 atom stereocenters. The Balaban J connectivity index is 2.30. The Bertz CT molecular complexity index is 525. The van der Waals surface area contributed by atoms with Gasteiger partial charge in [0.2, 0.25) is 0 Å². The molecular weight excluding hydrogens is 278 g/mol. The van der Waals surface area contributed by atoms with Crippen molar-refractivity contribution in [1.82, 2.24) is 4.98 Å². The second-order valence-corrected chi connectivity index (χ2v) is 4.96. The number of ether oxygens (including phenoxy) is 1. The van der Waals surface area contributed by atoms with Crippen molar-refractivity contribution >= 4 is 26.8 Å². The molecule has 0 fully saturated rings. The van der Waals surface area contributed by atoms with Crippen molar-refractivity contribution in [3.63, 3.8) is 0 Å². The Morgan fingerprint density at radius 3 is 2.88 bits per heavy atom. The van der Waals surface area contributed by atoms with Gasteiger partial charge in [0.1, 0.15) is 10.4 Å². The molecule has 0 amide bonds. The van der Waals surface area contributed by atoms with Crippen molar-refractivity contribution in [3.8, 4) is 5.75 Å². The molecule has 0 spiro atoms. The first-order chi connectivity index (χ1) is 8.20. The maximum atomic E-state index is 5.70. The summed E-state index contributed by atoms with van der Waals surface area (Å²) in [6.07, 6.45) is 2.25. The maximum absolute atomic E-state index is 5.70. The Morgan fingerprint density at radius 1 is 1.29 bits per heavy atom. The fourth-order valence-corrected chi connectivity index (χ4v) is 2.29. The van der Waals surface area contributed by atoms with Gasteiger partial charge < -0.3 is 4.74 Å². The lowest BCUT2D eigenvalue weighted by Crippen LogP contribution is -1.96. The minimum Gasteiger partial charge on any atom is -0.494 e. The Kier molecular flexibility index (Phi) is 4.00. The van der Waals surface area contributed by atoms with Gasteiger partial charge in [-0.2, -0.15) is 0 Å². The summed E-state index contributed by atoms with van der Waals surface area (Å²) in [6.45, 7) is 5.03. The van der Waals surface area contributed by atoms with E-state index in [4.69, 9.17) is 4.74 Å². The summed E-state index contributed by atoms with van der Waals surface area (Å²) in [6, 6.07) is 8.09. The summed E-state index contributed by atoms with van der Waals surface area (Å²) in [4.78, 5) is 4.44. The monoisotopic (exact) mass is 293 g/mol. The summed E-state index contributed by atoms with van der Waals surface area (Å²) in [5.41, 5.74) is 2.21. The third-order valence-electron chi connectivity index (χ3n) is 2.72. The molecule has 0 aliphatic carbocycles. The highest BCUT2D eigenvalue weighted by molar-refractivity contribution is 9.10. The molecule has 0 aliphatic rings. The van der Waals surface area contributed by atoms with Crippen LogP contribution in [-0.4, -0.2) is 11.6 Å². The fourth-order valence-electron chi connectivity index (χ4n) is 1.76. The van der Waals surface area contributed by atoms with E-state index in [1.54, 1.807) is 0 Å². The van der Waals surface area contributed by atoms with Gasteiger partial charge in [-0.15, -0.1) is 0 Å². The van der Waals surface area contributed by atoms with E-state index < -0.39 is 0 Å². The quantitative estimate of drug-likeness (QED) is 0.612. The smallest absolute Gasteiger partial charge is 0.120 e. The minimum atomic E-state index is 0.783. The molecule has 0 N–H and O–H groups in total. The molecule has 0 aliphatic heterocycles. The molecule has 0 unspecified atom stereocenters. The molecule has 0 bridgehead atoms. The number of hydrogen-bond donors (Lipinski definition) is 0. The lowest BCUT2D eigenvalue weighted by atomic mass is 10.1. The Morgan fingerprint density at radius 2 is 2.12 bits per heavy atom. The third kappa shape index (κ3) is 2.97. The van der Waals surface area contributed by atoms with E-state index in [0.29, 0.717) is 0 Å². The molecule has 1 heterocycles. The molecule has 0 saturated heterocycles. The van der Waals surface area contributed by atoms with Crippen molar-refractivity contribution in [2.45, 2.75) is 26.7 Å². The highest BCUT2D eigenvalue weighted by Gasteiger charge is 2.03. The highest BCUT2D eigenvalue weighted by Crippen LogP contribution is 2.25. The predicted octanol–water partition coefficient (Wildman–Crippen LogP) is 4.48. The second kappa shape index (κ2) is 5.50. The van der Waals surface area contributed by atoms with Crippen LogP contribution in [0, 0.1) is 6.92 Å². The van der Waals surface area contributed by atoms with Crippen LogP contribution in [0.5, 0.6) is 5.75 Å². The van der Waals surface area contributed by atoms with E-state index in [9.17, 15) is 0 Å². The number of aryl methyl sites for hydroxylation is 1. The van der Waals surface area contributed by atoms with Crippen molar-refractivity contribution in [2.24, 2.45) is 0 Å². The van der Waals surface area contributed by atoms with Crippen LogP contribution in [0.2, 0.25) is 0 Å². The van der Waals surface area contributed by atoms with Gasteiger partial charge in [0, 0.05) is 5.39 Å². The van der Waals surface area contributed by atoms with Gasteiger partial charge >= 0.3 is 0 Å². The number of aromatic nitrogens is 1. The van der Waals surface area contributed by atoms with Crippen LogP contribution in [0.3, 0.4) is 0 Å². The zero-order chi connectivity index (χ0) is 12.3. The molecule has 90 valence electrons. The van der Waals surface area contributed by atoms with Crippen LogP contribution < -0.4 is 4.74 Å². The molecule has 2 aromatic rings. The van der Waals surface area contributed by atoms with Gasteiger partial charge in [-0.05, 0) is 59.1 Å². The van der Waals surface area contributed by atoms with Crippen LogP contribution in [0.15, 0.2) is 28.9 Å². The van der Waals surface area contributed by atoms with Gasteiger partial charge in [0.25, 0.3) is 0 Å². The molecular formula is C14H16BrNO. The number of pyridine rings is 1. The second-order valence-electron chi connectivity index (χ2n) is 4.14. The van der Waals surface area contributed by atoms with Crippen LogP contribution in [0.1, 0.15) is 25.3 Å². The Labute approximate surface area is 110 Å². The van der Waals surface area contributed by atoms with Crippen molar-refractivity contribution in [3.05, 3.63) is 34.4 Å². The third-order valence-corrected chi connectivity index (χ3v) is 3.13. The summed E-state index contributed by atoms with van der Waals surface area (Å²) >= 11 is 3.41. The molecule has 3 heteroatoms. The molecule has 17 heavy (non-hydrogen) atoms. The standard InChI is InChI=1S/C14H16BrNO/c1-3-4-7-17-11-5-6-13-12(9-11)10(2)8-14(15)16-13/h5-6,8-9H,3-4,7H2,1-2H3. The first-order valence-corrected chi connectivity index (χ1v) is 6.69. The van der Waals surface area contributed by atoms with E-state index in [-0.39, 0.29) is 0 Å². The minimum absolute atomic E-state index is 0.783. The number of unbranched alkanes of at least 4 members (excludes halogenated alkanes) is 1. The average molecular weight is 294 g/mol. The Hall–Kier alpha value is -1.09. The van der Waals surface area contributed by atoms with Gasteiger partial charge in [0.15, 0.2) is 0 Å². The lowest BCUT2D eigenvalue weighted by Gasteiger charge is -2.08. The summed E-state index contributed by atoms with van der Waals surface area (Å²) in [5, 5.41) is 1.15. The van der Waals surface area contributed by atoms with Crippen LogP contribution >= 0.6 is 15.9 Å². The first kappa shape index (κ1) is 12.4. The van der Waals surface area contributed by atoms with Crippen molar-refractivity contribution in [1.29, 1.82) is 0 Å². The summed E-state index contributed by atoms with van der Waals surface area (Å²) in [5.74, 6) is 0.929. The van der Waals surface area contributed by atoms with Crippen molar-refractivity contribution in [2.75, 3.05) is 6.61 Å². The predicted molar refractivity (Wildman–Crippen MR) is 74.6 cm³/mol. The van der Waals surface area contributed by atoms with E-state index >= 15 is 0 Å². The maximum Gasteiger partial charge on any atom is 0.120 e. The van der Waals surface area contributed by atoms with Crippen LogP contribution in [-0.2, 0) is 0 Å². The average Bonchev–Trinajstić information content (AvgIpc) is 2.30. The number of halogens is 1. The molecule has 1 aromatic heterocycles. The largest absolute Gasteiger partial charge is 0.494 e. The van der Waals surface area contributed by atoms with Gasteiger partial charge in [-0.3, -0.25) is 0 Å². The highest BCUT2D eigenvalue weighted by atomic mass is 79.9. The van der Waals surface area contributed by atoms with E-state index in [1.165, 1.54) is 5.56 Å².